The maximum Gasteiger partial charge on any atom is 0.00643 e. The van der Waals surface area contributed by atoms with Crippen molar-refractivity contribution in [3.63, 3.8) is 0 Å². The largest absolute Gasteiger partial charge is 0.314 e. The van der Waals surface area contributed by atoms with Gasteiger partial charge < -0.3 is 5.32 Å². The molecule has 0 saturated heterocycles. The average Bonchev–Trinajstić information content (AvgIpc) is 2.23. The van der Waals surface area contributed by atoms with Crippen LogP contribution in [0.15, 0.2) is 11.6 Å². The fraction of sp³-hybridized carbons (Fsp3) is 0.867. The third-order valence-corrected chi connectivity index (χ3v) is 4.11. The van der Waals surface area contributed by atoms with E-state index in [1.807, 2.05) is 0 Å². The van der Waals surface area contributed by atoms with Crippen LogP contribution < -0.4 is 5.32 Å². The molecule has 0 aromatic carbocycles. The molecule has 0 aromatic heterocycles. The second-order valence-corrected chi connectivity index (χ2v) is 5.88. The Morgan fingerprint density at radius 2 is 2.12 bits per heavy atom. The van der Waals surface area contributed by atoms with E-state index in [0.29, 0.717) is 6.04 Å². The van der Waals surface area contributed by atoms with Gasteiger partial charge in [0.2, 0.25) is 0 Å². The number of hydrogen-bond acceptors (Lipinski definition) is 1. The van der Waals surface area contributed by atoms with Crippen molar-refractivity contribution in [3.05, 3.63) is 11.6 Å². The molecule has 0 saturated carbocycles. The molecule has 1 nitrogen and oxygen atoms in total. The summed E-state index contributed by atoms with van der Waals surface area (Å²) in [6.45, 7) is 12.8. The van der Waals surface area contributed by atoms with E-state index in [2.05, 4.69) is 46.0 Å². The first-order chi connectivity index (χ1) is 7.52. The van der Waals surface area contributed by atoms with Gasteiger partial charge in [0.15, 0.2) is 0 Å². The Hall–Kier alpha value is -0.300. The Labute approximate surface area is 102 Å². The number of nitrogens with one attached hydrogen (secondary N) is 1. The van der Waals surface area contributed by atoms with E-state index in [4.69, 9.17) is 0 Å². The molecule has 0 radical (unpaired) electrons. The van der Waals surface area contributed by atoms with Crippen LogP contribution in [0.4, 0.5) is 0 Å². The molecule has 94 valence electrons. The molecule has 0 amide bonds. The van der Waals surface area contributed by atoms with E-state index < -0.39 is 0 Å². The quantitative estimate of drug-likeness (QED) is 0.695. The molecular formula is C15H29N. The lowest BCUT2D eigenvalue weighted by Crippen LogP contribution is -2.36. The zero-order chi connectivity index (χ0) is 12.1. The van der Waals surface area contributed by atoms with Gasteiger partial charge in [-0.2, -0.15) is 0 Å². The summed E-state index contributed by atoms with van der Waals surface area (Å²) in [5.74, 6) is 2.42. The smallest absolute Gasteiger partial charge is 0.00643 e. The third kappa shape index (κ3) is 4.29. The van der Waals surface area contributed by atoms with Crippen molar-refractivity contribution in [1.29, 1.82) is 0 Å². The van der Waals surface area contributed by atoms with Gasteiger partial charge in [-0.25, -0.2) is 0 Å². The number of hydrogen-bond donors (Lipinski definition) is 1. The highest BCUT2D eigenvalue weighted by atomic mass is 14.9. The summed E-state index contributed by atoms with van der Waals surface area (Å²) in [5, 5.41) is 3.72. The molecule has 1 heteroatoms. The fourth-order valence-corrected chi connectivity index (χ4v) is 2.75. The molecule has 0 bridgehead atoms. The van der Waals surface area contributed by atoms with E-state index in [-0.39, 0.29) is 0 Å². The van der Waals surface area contributed by atoms with Crippen molar-refractivity contribution in [3.8, 4) is 0 Å². The lowest BCUT2D eigenvalue weighted by atomic mass is 9.83. The summed E-state index contributed by atoms with van der Waals surface area (Å²) < 4.78 is 0. The second-order valence-electron chi connectivity index (χ2n) is 5.88. The van der Waals surface area contributed by atoms with Crippen LogP contribution in [-0.2, 0) is 0 Å². The Bertz CT molecular complexity index is 232. The third-order valence-electron chi connectivity index (χ3n) is 4.11. The summed E-state index contributed by atoms with van der Waals surface area (Å²) in [6, 6.07) is 0.659. The molecule has 16 heavy (non-hydrogen) atoms. The van der Waals surface area contributed by atoms with E-state index in [9.17, 15) is 0 Å². The molecule has 0 aromatic rings. The summed E-state index contributed by atoms with van der Waals surface area (Å²) in [5.41, 5.74) is 1.58. The van der Waals surface area contributed by atoms with E-state index in [1.54, 1.807) is 5.57 Å². The monoisotopic (exact) mass is 223 g/mol. The number of allylic oxidation sites excluding steroid dienone is 2. The Kier molecular flexibility index (Phi) is 5.54. The number of rotatable bonds is 5. The summed E-state index contributed by atoms with van der Waals surface area (Å²) >= 11 is 0. The molecule has 1 aliphatic carbocycles. The SMILES string of the molecule is CCC(C)C(C)NCC1CC(C)=CC(C)C1. The first-order valence-electron chi connectivity index (χ1n) is 6.93. The first-order valence-corrected chi connectivity index (χ1v) is 6.93. The first kappa shape index (κ1) is 13.8. The van der Waals surface area contributed by atoms with Crippen molar-refractivity contribution in [2.75, 3.05) is 6.54 Å². The minimum atomic E-state index is 0.659. The van der Waals surface area contributed by atoms with Gasteiger partial charge in [-0.1, -0.05) is 38.8 Å². The van der Waals surface area contributed by atoms with Crippen molar-refractivity contribution < 1.29 is 0 Å². The zero-order valence-corrected chi connectivity index (χ0v) is 11.7. The van der Waals surface area contributed by atoms with Gasteiger partial charge in [0.05, 0.1) is 0 Å². The van der Waals surface area contributed by atoms with Crippen molar-refractivity contribution in [1.82, 2.24) is 5.32 Å². The molecule has 1 aliphatic rings. The van der Waals surface area contributed by atoms with Crippen LogP contribution in [-0.4, -0.2) is 12.6 Å². The predicted molar refractivity (Wildman–Crippen MR) is 72.6 cm³/mol. The predicted octanol–water partition coefficient (Wildman–Crippen LogP) is 4.00. The van der Waals surface area contributed by atoms with E-state index >= 15 is 0 Å². The normalized spacial score (nSPS) is 29.7. The maximum absolute atomic E-state index is 3.72. The molecule has 0 aliphatic heterocycles. The minimum Gasteiger partial charge on any atom is -0.314 e. The second kappa shape index (κ2) is 6.44. The Morgan fingerprint density at radius 3 is 2.69 bits per heavy atom. The van der Waals surface area contributed by atoms with Gasteiger partial charge in [0, 0.05) is 6.04 Å². The van der Waals surface area contributed by atoms with Crippen LogP contribution in [0.25, 0.3) is 0 Å². The van der Waals surface area contributed by atoms with Crippen LogP contribution in [0.1, 0.15) is 53.9 Å². The highest BCUT2D eigenvalue weighted by molar-refractivity contribution is 5.06. The molecule has 4 unspecified atom stereocenters. The van der Waals surface area contributed by atoms with Gasteiger partial charge in [-0.05, 0) is 51.0 Å². The molecule has 1 N–H and O–H groups in total. The van der Waals surface area contributed by atoms with Crippen LogP contribution in [0.2, 0.25) is 0 Å². The Morgan fingerprint density at radius 1 is 1.44 bits per heavy atom. The molecule has 0 fully saturated rings. The highest BCUT2D eigenvalue weighted by Gasteiger charge is 2.19. The summed E-state index contributed by atoms with van der Waals surface area (Å²) in [4.78, 5) is 0. The fourth-order valence-electron chi connectivity index (χ4n) is 2.75. The Balaban J connectivity index is 2.31. The van der Waals surface area contributed by atoms with Crippen molar-refractivity contribution in [2.24, 2.45) is 17.8 Å². The summed E-state index contributed by atoms with van der Waals surface area (Å²) in [7, 11) is 0. The standard InChI is InChI=1S/C15H29N/c1-6-13(4)14(5)16-10-15-8-11(2)7-12(3)9-15/h7,11,13-16H,6,8-10H2,1-5H3. The molecule has 4 atom stereocenters. The lowest BCUT2D eigenvalue weighted by molar-refractivity contribution is 0.326. The van der Waals surface area contributed by atoms with Crippen molar-refractivity contribution >= 4 is 0 Å². The van der Waals surface area contributed by atoms with Crippen LogP contribution in [0.3, 0.4) is 0 Å². The van der Waals surface area contributed by atoms with Crippen LogP contribution >= 0.6 is 0 Å². The molecule has 0 heterocycles. The molecule has 1 rings (SSSR count). The molecular weight excluding hydrogens is 194 g/mol. The summed E-state index contributed by atoms with van der Waals surface area (Å²) in [6.07, 6.45) is 6.37. The average molecular weight is 223 g/mol. The van der Waals surface area contributed by atoms with Gasteiger partial charge in [-0.3, -0.25) is 0 Å². The minimum absolute atomic E-state index is 0.659. The van der Waals surface area contributed by atoms with Gasteiger partial charge in [0.25, 0.3) is 0 Å². The maximum atomic E-state index is 3.72. The van der Waals surface area contributed by atoms with Crippen molar-refractivity contribution in [2.45, 2.75) is 59.9 Å². The lowest BCUT2D eigenvalue weighted by Gasteiger charge is -2.28. The zero-order valence-electron chi connectivity index (χ0n) is 11.7. The van der Waals surface area contributed by atoms with Gasteiger partial charge in [0.1, 0.15) is 0 Å². The van der Waals surface area contributed by atoms with Crippen LogP contribution in [0, 0.1) is 17.8 Å². The topological polar surface area (TPSA) is 12.0 Å². The van der Waals surface area contributed by atoms with Gasteiger partial charge >= 0.3 is 0 Å². The van der Waals surface area contributed by atoms with Crippen LogP contribution in [0.5, 0.6) is 0 Å². The van der Waals surface area contributed by atoms with E-state index in [1.165, 1.54) is 25.8 Å². The molecule has 0 spiro atoms. The van der Waals surface area contributed by atoms with Gasteiger partial charge in [-0.15, -0.1) is 0 Å². The highest BCUT2D eigenvalue weighted by Crippen LogP contribution is 2.27. The van der Waals surface area contributed by atoms with E-state index in [0.717, 1.165) is 17.8 Å².